The highest BCUT2D eigenvalue weighted by Gasteiger charge is 2.24. The third-order valence-electron chi connectivity index (χ3n) is 5.19. The number of methoxy groups -OCH3 is 1. The van der Waals surface area contributed by atoms with Crippen LogP contribution in [0.25, 0.3) is 16.9 Å². The largest absolute Gasteiger partial charge is 0.496 e. The van der Waals surface area contributed by atoms with Gasteiger partial charge in [-0.2, -0.15) is 10.2 Å². The molecule has 166 valence electrons. The summed E-state index contributed by atoms with van der Waals surface area (Å²) in [6.45, 7) is 4.43. The Labute approximate surface area is 182 Å². The van der Waals surface area contributed by atoms with E-state index >= 15 is 0 Å². The van der Waals surface area contributed by atoms with E-state index < -0.39 is 12.3 Å². The average Bonchev–Trinajstić information content (AvgIpc) is 3.45. The zero-order valence-corrected chi connectivity index (χ0v) is 17.8. The molecule has 1 amide bonds. The second kappa shape index (κ2) is 8.74. The lowest BCUT2D eigenvalue weighted by Gasteiger charge is -2.15. The van der Waals surface area contributed by atoms with Gasteiger partial charge in [0.1, 0.15) is 17.0 Å². The van der Waals surface area contributed by atoms with E-state index in [2.05, 4.69) is 20.5 Å². The van der Waals surface area contributed by atoms with Crippen LogP contribution >= 0.6 is 0 Å². The minimum Gasteiger partial charge on any atom is -0.496 e. The van der Waals surface area contributed by atoms with E-state index in [-0.39, 0.29) is 28.6 Å². The number of para-hydroxylation sites is 1. The molecule has 1 N–H and O–H groups in total. The number of aromatic nitrogens is 5. The van der Waals surface area contributed by atoms with Crippen molar-refractivity contribution in [1.29, 1.82) is 0 Å². The molecule has 4 aromatic rings. The number of ether oxygens (including phenoxy) is 1. The first-order chi connectivity index (χ1) is 15.4. The lowest BCUT2D eigenvalue weighted by atomic mass is 10.1. The van der Waals surface area contributed by atoms with E-state index in [4.69, 9.17) is 4.74 Å². The summed E-state index contributed by atoms with van der Waals surface area (Å²) in [6.07, 6.45) is 0.0919. The van der Waals surface area contributed by atoms with E-state index in [0.717, 1.165) is 10.2 Å². The van der Waals surface area contributed by atoms with Gasteiger partial charge in [-0.25, -0.2) is 18.3 Å². The normalized spacial score (nSPS) is 12.3. The molecule has 0 bridgehead atoms. The van der Waals surface area contributed by atoms with Crippen LogP contribution in [0, 0.1) is 0 Å². The van der Waals surface area contributed by atoms with Crippen molar-refractivity contribution in [3.05, 3.63) is 65.7 Å². The number of aryl methyl sites for hydroxylation is 1. The first-order valence-electron chi connectivity index (χ1n) is 10.1. The SMILES string of the molecule is CCn1nccc1C(C)NC(=O)c1cnn2c(C(F)F)cc(-c3ccccc3OC)nc12. The molecular formula is C22H22F2N6O2. The number of nitrogens with one attached hydrogen (secondary N) is 1. The fourth-order valence-corrected chi connectivity index (χ4v) is 3.62. The molecule has 0 fully saturated rings. The van der Waals surface area contributed by atoms with Gasteiger partial charge < -0.3 is 10.1 Å². The third kappa shape index (κ3) is 3.79. The maximum Gasteiger partial charge on any atom is 0.280 e. The van der Waals surface area contributed by atoms with Gasteiger partial charge in [-0.05, 0) is 38.1 Å². The van der Waals surface area contributed by atoms with E-state index in [1.807, 2.05) is 19.9 Å². The molecule has 1 aromatic carbocycles. The third-order valence-corrected chi connectivity index (χ3v) is 5.19. The molecule has 3 heterocycles. The van der Waals surface area contributed by atoms with Gasteiger partial charge in [-0.3, -0.25) is 9.48 Å². The summed E-state index contributed by atoms with van der Waals surface area (Å²) < 4.78 is 35.8. The van der Waals surface area contributed by atoms with Gasteiger partial charge in [0.25, 0.3) is 12.3 Å². The Morgan fingerprint density at radius 2 is 1.97 bits per heavy atom. The van der Waals surface area contributed by atoms with Gasteiger partial charge in [0.2, 0.25) is 0 Å². The minimum atomic E-state index is -2.82. The van der Waals surface area contributed by atoms with Crippen molar-refractivity contribution >= 4 is 11.6 Å². The Bertz CT molecular complexity index is 1270. The number of carbonyl (C=O) groups excluding carboxylic acids is 1. The number of carbonyl (C=O) groups is 1. The van der Waals surface area contributed by atoms with E-state index in [1.54, 1.807) is 35.1 Å². The fraction of sp³-hybridized carbons (Fsp3) is 0.273. The predicted molar refractivity (Wildman–Crippen MR) is 114 cm³/mol. The number of rotatable bonds is 7. The van der Waals surface area contributed by atoms with Crippen LogP contribution in [-0.4, -0.2) is 37.4 Å². The number of amides is 1. The van der Waals surface area contributed by atoms with Crippen LogP contribution in [0.2, 0.25) is 0 Å². The summed E-state index contributed by atoms with van der Waals surface area (Å²) in [5, 5.41) is 11.1. The van der Waals surface area contributed by atoms with Gasteiger partial charge in [0, 0.05) is 18.3 Å². The molecule has 8 nitrogen and oxygen atoms in total. The number of halogens is 2. The number of hydrogen-bond acceptors (Lipinski definition) is 5. The molecule has 0 aliphatic heterocycles. The molecule has 10 heteroatoms. The molecule has 0 spiro atoms. The average molecular weight is 440 g/mol. The molecule has 0 aliphatic rings. The molecule has 1 atom stereocenters. The van der Waals surface area contributed by atoms with Crippen LogP contribution < -0.4 is 10.1 Å². The second-order valence-corrected chi connectivity index (χ2v) is 7.13. The van der Waals surface area contributed by atoms with Gasteiger partial charge in [-0.1, -0.05) is 12.1 Å². The zero-order valence-electron chi connectivity index (χ0n) is 17.8. The summed E-state index contributed by atoms with van der Waals surface area (Å²) in [5.41, 5.74) is 1.39. The molecule has 3 aromatic heterocycles. The lowest BCUT2D eigenvalue weighted by Crippen LogP contribution is -2.28. The summed E-state index contributed by atoms with van der Waals surface area (Å²) in [7, 11) is 1.49. The number of nitrogens with zero attached hydrogens (tertiary/aromatic N) is 5. The van der Waals surface area contributed by atoms with Crippen molar-refractivity contribution in [3.63, 3.8) is 0 Å². The first kappa shape index (κ1) is 21.4. The second-order valence-electron chi connectivity index (χ2n) is 7.13. The molecule has 32 heavy (non-hydrogen) atoms. The monoisotopic (exact) mass is 440 g/mol. The number of alkyl halides is 2. The van der Waals surface area contributed by atoms with E-state index in [1.165, 1.54) is 19.4 Å². The Balaban J connectivity index is 1.77. The minimum absolute atomic E-state index is 0.0393. The van der Waals surface area contributed by atoms with Crippen LogP contribution in [0.4, 0.5) is 8.78 Å². The molecule has 4 rings (SSSR count). The standard InChI is InChI=1S/C22H22F2N6O2/c1-4-29-17(9-10-25-29)13(2)27-22(31)15-12-26-30-18(20(23)24)11-16(28-21(15)30)14-7-5-6-8-19(14)32-3/h5-13,20H,4H2,1-3H3,(H,27,31). The van der Waals surface area contributed by atoms with E-state index in [9.17, 15) is 13.6 Å². The highest BCUT2D eigenvalue weighted by molar-refractivity contribution is 6.00. The Hall–Kier alpha value is -3.82. The molecule has 0 aliphatic carbocycles. The maximum absolute atomic E-state index is 13.8. The molecular weight excluding hydrogens is 418 g/mol. The molecule has 0 radical (unpaired) electrons. The van der Waals surface area contributed by atoms with Crippen LogP contribution in [-0.2, 0) is 6.54 Å². The van der Waals surface area contributed by atoms with Crippen molar-refractivity contribution in [2.45, 2.75) is 32.9 Å². The molecule has 0 saturated carbocycles. The van der Waals surface area contributed by atoms with Gasteiger partial charge in [0.05, 0.1) is 30.7 Å². The number of hydrogen-bond donors (Lipinski definition) is 1. The Morgan fingerprint density at radius 1 is 1.19 bits per heavy atom. The number of fused-ring (bicyclic) bond motifs is 1. The van der Waals surface area contributed by atoms with Crippen LogP contribution in [0.15, 0.2) is 48.8 Å². The summed E-state index contributed by atoms with van der Waals surface area (Å²) in [4.78, 5) is 17.5. The fourth-order valence-electron chi connectivity index (χ4n) is 3.62. The van der Waals surface area contributed by atoms with Crippen molar-refractivity contribution in [1.82, 2.24) is 29.7 Å². The van der Waals surface area contributed by atoms with Gasteiger partial charge in [-0.15, -0.1) is 0 Å². The highest BCUT2D eigenvalue weighted by atomic mass is 19.3. The first-order valence-corrected chi connectivity index (χ1v) is 10.1. The Morgan fingerprint density at radius 3 is 2.69 bits per heavy atom. The topological polar surface area (TPSA) is 86.3 Å². The Kier molecular flexibility index (Phi) is 5.85. The predicted octanol–water partition coefficient (Wildman–Crippen LogP) is 4.05. The number of benzene rings is 1. The van der Waals surface area contributed by atoms with Crippen LogP contribution in [0.3, 0.4) is 0 Å². The van der Waals surface area contributed by atoms with Crippen LogP contribution in [0.5, 0.6) is 5.75 Å². The van der Waals surface area contributed by atoms with Gasteiger partial charge in [0.15, 0.2) is 5.65 Å². The van der Waals surface area contributed by atoms with Crippen LogP contribution in [0.1, 0.15) is 48.1 Å². The maximum atomic E-state index is 13.8. The van der Waals surface area contributed by atoms with Crippen molar-refractivity contribution < 1.29 is 18.3 Å². The van der Waals surface area contributed by atoms with Crippen molar-refractivity contribution in [2.24, 2.45) is 0 Å². The summed E-state index contributed by atoms with van der Waals surface area (Å²) >= 11 is 0. The quantitative estimate of drug-likeness (QED) is 0.469. The molecule has 1 unspecified atom stereocenters. The zero-order chi connectivity index (χ0) is 22.8. The van der Waals surface area contributed by atoms with Crippen molar-refractivity contribution in [2.75, 3.05) is 7.11 Å². The highest BCUT2D eigenvalue weighted by Crippen LogP contribution is 2.32. The molecule has 0 saturated heterocycles. The summed E-state index contributed by atoms with van der Waals surface area (Å²) in [6, 6.07) is 9.68. The summed E-state index contributed by atoms with van der Waals surface area (Å²) in [5.74, 6) is 0.0118. The van der Waals surface area contributed by atoms with Gasteiger partial charge >= 0.3 is 0 Å². The lowest BCUT2D eigenvalue weighted by molar-refractivity contribution is 0.0939. The van der Waals surface area contributed by atoms with Crippen molar-refractivity contribution in [3.8, 4) is 17.0 Å². The smallest absolute Gasteiger partial charge is 0.280 e. The van der Waals surface area contributed by atoms with E-state index in [0.29, 0.717) is 17.9 Å².